The topological polar surface area (TPSA) is 67.2 Å². The lowest BCUT2D eigenvalue weighted by molar-refractivity contribution is 0.0245. The normalized spacial score (nSPS) is 17.8. The highest BCUT2D eigenvalue weighted by atomic mass is 35.5. The van der Waals surface area contributed by atoms with Gasteiger partial charge in [-0.25, -0.2) is 0 Å². The number of hydrogen-bond acceptors (Lipinski definition) is 5. The number of nitrogens with zero attached hydrogens (tertiary/aromatic N) is 3. The van der Waals surface area contributed by atoms with Gasteiger partial charge in [0, 0.05) is 36.2 Å². The summed E-state index contributed by atoms with van der Waals surface area (Å²) in [6.07, 6.45) is 6.16. The number of aromatic nitrogens is 3. The van der Waals surface area contributed by atoms with E-state index in [1.54, 1.807) is 6.20 Å². The molecule has 6 nitrogen and oxygen atoms in total. The van der Waals surface area contributed by atoms with Crippen LogP contribution in [0, 0.1) is 0 Å². The zero-order chi connectivity index (χ0) is 19.8. The van der Waals surface area contributed by atoms with Crippen molar-refractivity contribution in [2.75, 3.05) is 18.0 Å². The molecule has 29 heavy (non-hydrogen) atoms. The summed E-state index contributed by atoms with van der Waals surface area (Å²) in [6, 6.07) is 7.48. The van der Waals surface area contributed by atoms with Crippen LogP contribution in [0.3, 0.4) is 0 Å². The molecule has 1 saturated heterocycles. The Morgan fingerprint density at radius 3 is 2.52 bits per heavy atom. The van der Waals surface area contributed by atoms with Crippen molar-refractivity contribution in [3.8, 4) is 11.3 Å². The van der Waals surface area contributed by atoms with Crippen LogP contribution in [-0.4, -0.2) is 34.5 Å². The average molecular weight is 433 g/mol. The molecule has 0 bridgehead atoms. The fourth-order valence-corrected chi connectivity index (χ4v) is 4.51. The molecule has 0 radical (unpaired) electrons. The molecule has 0 unspecified atom stereocenters. The minimum Gasteiger partial charge on any atom is -0.373 e. The quantitative estimate of drug-likeness (QED) is 0.561. The van der Waals surface area contributed by atoms with E-state index < -0.39 is 0 Å². The minimum absolute atomic E-state index is 0.200. The maximum absolute atomic E-state index is 6.43. The molecule has 8 heteroatoms. The van der Waals surface area contributed by atoms with Gasteiger partial charge in [-0.3, -0.25) is 5.10 Å². The lowest BCUT2D eigenvalue weighted by Gasteiger charge is -2.32. The number of H-pyrrole nitrogens is 1. The molecule has 2 aliphatic rings. The Bertz CT molecular complexity index is 956. The summed E-state index contributed by atoms with van der Waals surface area (Å²) < 4.78 is 12.0. The van der Waals surface area contributed by atoms with Gasteiger partial charge in [0.25, 0.3) is 0 Å². The van der Waals surface area contributed by atoms with E-state index >= 15 is 0 Å². The molecule has 3 heterocycles. The summed E-state index contributed by atoms with van der Waals surface area (Å²) in [7, 11) is 0. The second-order valence-electron chi connectivity index (χ2n) is 7.68. The van der Waals surface area contributed by atoms with Crippen LogP contribution < -0.4 is 4.90 Å². The molecule has 0 atom stereocenters. The molecule has 1 saturated carbocycles. The van der Waals surface area contributed by atoms with Crippen molar-refractivity contribution >= 4 is 29.0 Å². The Morgan fingerprint density at radius 2 is 1.86 bits per heavy atom. The fraction of sp³-hybridized carbons (Fsp3) is 0.429. The highest BCUT2D eigenvalue weighted by Gasteiger charge is 2.34. The third kappa shape index (κ3) is 3.89. The Morgan fingerprint density at radius 1 is 1.10 bits per heavy atom. The number of ether oxygens (including phenoxy) is 1. The van der Waals surface area contributed by atoms with E-state index in [4.69, 9.17) is 32.5 Å². The van der Waals surface area contributed by atoms with Gasteiger partial charge in [-0.1, -0.05) is 34.4 Å². The molecule has 0 amide bonds. The summed E-state index contributed by atoms with van der Waals surface area (Å²) in [5.74, 6) is 2.42. The van der Waals surface area contributed by atoms with Crippen LogP contribution in [0.5, 0.6) is 0 Å². The zero-order valence-corrected chi connectivity index (χ0v) is 17.4. The maximum atomic E-state index is 6.43. The Hall–Kier alpha value is -2.02. The van der Waals surface area contributed by atoms with Gasteiger partial charge < -0.3 is 14.2 Å². The van der Waals surface area contributed by atoms with E-state index in [1.807, 2.05) is 24.3 Å². The second kappa shape index (κ2) is 8.01. The van der Waals surface area contributed by atoms with Gasteiger partial charge in [-0.2, -0.15) is 5.10 Å². The van der Waals surface area contributed by atoms with Gasteiger partial charge in [0.05, 0.1) is 29.0 Å². The number of piperidine rings is 1. The lowest BCUT2D eigenvalue weighted by atomic mass is 10.0. The number of nitrogens with one attached hydrogen (secondary N) is 1. The van der Waals surface area contributed by atoms with Gasteiger partial charge in [0.15, 0.2) is 0 Å². The first-order valence-electron chi connectivity index (χ1n) is 9.99. The average Bonchev–Trinajstić information content (AvgIpc) is 3.25. The summed E-state index contributed by atoms with van der Waals surface area (Å²) in [6.45, 7) is 2.34. The van der Waals surface area contributed by atoms with E-state index in [0.717, 1.165) is 61.5 Å². The first-order chi connectivity index (χ1) is 14.2. The first-order valence-corrected chi connectivity index (χ1v) is 10.7. The zero-order valence-electron chi connectivity index (χ0n) is 15.9. The van der Waals surface area contributed by atoms with Gasteiger partial charge >= 0.3 is 0 Å². The molecule has 1 aliphatic carbocycles. The molecule has 0 spiro atoms. The van der Waals surface area contributed by atoms with Crippen LogP contribution in [0.2, 0.25) is 10.0 Å². The van der Waals surface area contributed by atoms with Crippen LogP contribution in [-0.2, 0) is 11.3 Å². The molecular weight excluding hydrogens is 411 g/mol. The second-order valence-corrected chi connectivity index (χ2v) is 8.50. The van der Waals surface area contributed by atoms with Crippen LogP contribution in [0.25, 0.3) is 11.3 Å². The first kappa shape index (κ1) is 19.0. The predicted molar refractivity (Wildman–Crippen MR) is 113 cm³/mol. The van der Waals surface area contributed by atoms with Crippen molar-refractivity contribution in [3.63, 3.8) is 0 Å². The Kier molecular flexibility index (Phi) is 5.24. The molecule has 1 N–H and O–H groups in total. The SMILES string of the molecule is Clc1cccc(Cl)c1-c1noc(C2CC2)c1COC1CCN(c2ccn[nH]2)CC1. The van der Waals surface area contributed by atoms with Gasteiger partial charge in [-0.15, -0.1) is 0 Å². The monoisotopic (exact) mass is 432 g/mol. The highest BCUT2D eigenvalue weighted by Crippen LogP contribution is 2.46. The molecule has 1 aliphatic heterocycles. The largest absolute Gasteiger partial charge is 0.373 e. The van der Waals surface area contributed by atoms with E-state index in [9.17, 15) is 0 Å². The van der Waals surface area contributed by atoms with Crippen molar-refractivity contribution < 1.29 is 9.26 Å². The molecule has 2 fully saturated rings. The molecule has 152 valence electrons. The van der Waals surface area contributed by atoms with E-state index in [-0.39, 0.29) is 6.10 Å². The smallest absolute Gasteiger partial charge is 0.145 e. The third-order valence-electron chi connectivity index (χ3n) is 5.70. The fourth-order valence-electron chi connectivity index (χ4n) is 3.94. The van der Waals surface area contributed by atoms with E-state index in [0.29, 0.717) is 28.3 Å². The number of aromatic amines is 1. The molecule has 1 aromatic carbocycles. The predicted octanol–water partition coefficient (Wildman–Crippen LogP) is 5.43. The molecule has 3 aromatic rings. The molecule has 5 rings (SSSR count). The Labute approximate surface area is 179 Å². The van der Waals surface area contributed by atoms with Crippen LogP contribution in [0.15, 0.2) is 35.0 Å². The summed E-state index contributed by atoms with van der Waals surface area (Å²) in [4.78, 5) is 2.30. The lowest BCUT2D eigenvalue weighted by Crippen LogP contribution is -2.37. The summed E-state index contributed by atoms with van der Waals surface area (Å²) in [5, 5.41) is 12.5. The van der Waals surface area contributed by atoms with Gasteiger partial charge in [-0.05, 0) is 37.8 Å². The summed E-state index contributed by atoms with van der Waals surface area (Å²) >= 11 is 12.9. The number of hydrogen-bond donors (Lipinski definition) is 1. The molecular formula is C21H22Cl2N4O2. The van der Waals surface area contributed by atoms with E-state index in [2.05, 4.69) is 20.3 Å². The highest BCUT2D eigenvalue weighted by molar-refractivity contribution is 6.39. The Balaban J connectivity index is 1.32. The molecule has 2 aromatic heterocycles. The number of benzene rings is 1. The number of halogens is 2. The number of rotatable bonds is 6. The van der Waals surface area contributed by atoms with Gasteiger partial charge in [0.1, 0.15) is 17.3 Å². The van der Waals surface area contributed by atoms with Crippen molar-refractivity contribution in [3.05, 3.63) is 51.8 Å². The van der Waals surface area contributed by atoms with Crippen LogP contribution >= 0.6 is 23.2 Å². The van der Waals surface area contributed by atoms with Crippen molar-refractivity contribution in [1.82, 2.24) is 15.4 Å². The van der Waals surface area contributed by atoms with Crippen molar-refractivity contribution in [1.29, 1.82) is 0 Å². The standard InChI is InChI=1S/C21H22Cl2N4O2/c22-16-2-1-3-17(23)19(16)20-15(21(29-26-20)13-4-5-13)12-28-14-7-10-27(11-8-14)18-6-9-24-25-18/h1-3,6,9,13-14H,4-5,7-8,10-12H2,(H,24,25). The van der Waals surface area contributed by atoms with Crippen LogP contribution in [0.1, 0.15) is 42.9 Å². The van der Waals surface area contributed by atoms with Crippen molar-refractivity contribution in [2.24, 2.45) is 0 Å². The van der Waals surface area contributed by atoms with Crippen molar-refractivity contribution in [2.45, 2.75) is 44.3 Å². The van der Waals surface area contributed by atoms with E-state index in [1.165, 1.54) is 0 Å². The summed E-state index contributed by atoms with van der Waals surface area (Å²) in [5.41, 5.74) is 2.41. The third-order valence-corrected chi connectivity index (χ3v) is 6.33. The maximum Gasteiger partial charge on any atom is 0.145 e. The van der Waals surface area contributed by atoms with Crippen LogP contribution in [0.4, 0.5) is 5.82 Å². The van der Waals surface area contributed by atoms with Gasteiger partial charge in [0.2, 0.25) is 0 Å². The minimum atomic E-state index is 0.200. The number of anilines is 1.